The number of rotatable bonds is 7. The Labute approximate surface area is 193 Å². The summed E-state index contributed by atoms with van der Waals surface area (Å²) in [6.45, 7) is 6.56. The van der Waals surface area contributed by atoms with Crippen LogP contribution in [0.15, 0.2) is 29.3 Å². The Morgan fingerprint density at radius 1 is 1.21 bits per heavy atom. The fourth-order valence-electron chi connectivity index (χ4n) is 3.26. The SMILES string of the molecule is CCCNC(=O)Nc1cc(Nc2ncc3c(n2)N(C(C)C)CC(=O)N3C)cc(S(C)(=O)=O)c1. The smallest absolute Gasteiger partial charge is 0.319 e. The maximum atomic E-state index is 12.3. The minimum atomic E-state index is -3.55. The summed E-state index contributed by atoms with van der Waals surface area (Å²) in [5.41, 5.74) is 1.28. The molecule has 1 aliphatic heterocycles. The molecule has 0 aliphatic carbocycles. The van der Waals surface area contributed by atoms with Gasteiger partial charge in [0, 0.05) is 37.3 Å². The number of carbonyl (C=O) groups excluding carboxylic acids is 2. The van der Waals surface area contributed by atoms with Crippen LogP contribution in [0, 0.1) is 0 Å². The van der Waals surface area contributed by atoms with Crippen molar-refractivity contribution in [1.29, 1.82) is 0 Å². The molecule has 0 bridgehead atoms. The lowest BCUT2D eigenvalue weighted by Gasteiger charge is -2.36. The van der Waals surface area contributed by atoms with Gasteiger partial charge in [0.05, 0.1) is 17.6 Å². The fraction of sp³-hybridized carbons (Fsp3) is 0.429. The summed E-state index contributed by atoms with van der Waals surface area (Å²) in [6, 6.07) is 4.04. The number of likely N-dealkylation sites (N-methyl/N-ethyl adjacent to an activating group) is 1. The quantitative estimate of drug-likeness (QED) is 0.555. The fourth-order valence-corrected chi connectivity index (χ4v) is 3.95. The highest BCUT2D eigenvalue weighted by Gasteiger charge is 2.30. The summed E-state index contributed by atoms with van der Waals surface area (Å²) in [5, 5.41) is 8.35. The second-order valence-electron chi connectivity index (χ2n) is 8.10. The van der Waals surface area contributed by atoms with Crippen LogP contribution in [0.1, 0.15) is 27.2 Å². The average molecular weight is 476 g/mol. The average Bonchev–Trinajstić information content (AvgIpc) is 2.73. The highest BCUT2D eigenvalue weighted by molar-refractivity contribution is 7.90. The van der Waals surface area contributed by atoms with Gasteiger partial charge in [-0.15, -0.1) is 0 Å². The van der Waals surface area contributed by atoms with Crippen LogP contribution in [0.5, 0.6) is 0 Å². The number of carbonyl (C=O) groups is 2. The van der Waals surface area contributed by atoms with Crippen molar-refractivity contribution < 1.29 is 18.0 Å². The van der Waals surface area contributed by atoms with Crippen molar-refractivity contribution in [1.82, 2.24) is 15.3 Å². The number of aromatic nitrogens is 2. The number of amides is 3. The molecule has 33 heavy (non-hydrogen) atoms. The molecule has 3 amide bonds. The first-order chi connectivity index (χ1) is 15.5. The van der Waals surface area contributed by atoms with Crippen molar-refractivity contribution in [3.05, 3.63) is 24.4 Å². The Morgan fingerprint density at radius 3 is 2.55 bits per heavy atom. The van der Waals surface area contributed by atoms with E-state index in [1.807, 2.05) is 25.7 Å². The van der Waals surface area contributed by atoms with Gasteiger partial charge in [0.1, 0.15) is 5.69 Å². The molecule has 0 saturated carbocycles. The maximum absolute atomic E-state index is 12.3. The second-order valence-corrected chi connectivity index (χ2v) is 10.1. The monoisotopic (exact) mass is 475 g/mol. The molecular weight excluding hydrogens is 446 g/mol. The Morgan fingerprint density at radius 2 is 1.91 bits per heavy atom. The van der Waals surface area contributed by atoms with Gasteiger partial charge >= 0.3 is 6.03 Å². The van der Waals surface area contributed by atoms with Crippen LogP contribution in [0.25, 0.3) is 0 Å². The number of sulfone groups is 1. The van der Waals surface area contributed by atoms with E-state index in [0.717, 1.165) is 12.7 Å². The van der Waals surface area contributed by atoms with Crippen LogP contribution in [-0.4, -0.2) is 62.8 Å². The normalized spacial score (nSPS) is 13.7. The van der Waals surface area contributed by atoms with Gasteiger partial charge in [0.15, 0.2) is 15.7 Å². The summed E-state index contributed by atoms with van der Waals surface area (Å²) in [7, 11) is -1.87. The minimum Gasteiger partial charge on any atom is -0.343 e. The standard InChI is InChI=1S/C21H29N7O4S/c1-6-7-22-21(30)25-15-8-14(9-16(10-15)33(5,31)32)24-20-23-11-17-19(26-20)28(13(2)3)12-18(29)27(17)4/h8-11,13H,6-7,12H2,1-5H3,(H2,22,25,30)(H,23,24,26). The first kappa shape index (κ1) is 24.2. The van der Waals surface area contributed by atoms with Crippen molar-refractivity contribution in [2.24, 2.45) is 0 Å². The molecule has 0 atom stereocenters. The molecule has 0 radical (unpaired) electrons. The van der Waals surface area contributed by atoms with E-state index in [2.05, 4.69) is 25.9 Å². The molecular formula is C21H29N7O4S. The predicted molar refractivity (Wildman–Crippen MR) is 128 cm³/mol. The molecule has 3 N–H and O–H groups in total. The first-order valence-corrected chi connectivity index (χ1v) is 12.5. The number of hydrogen-bond acceptors (Lipinski definition) is 8. The summed E-state index contributed by atoms with van der Waals surface area (Å²) in [5.74, 6) is 0.772. The molecule has 0 fully saturated rings. The number of urea groups is 1. The van der Waals surface area contributed by atoms with E-state index < -0.39 is 15.9 Å². The zero-order valence-electron chi connectivity index (χ0n) is 19.3. The molecule has 0 unspecified atom stereocenters. The van der Waals surface area contributed by atoms with E-state index in [1.165, 1.54) is 17.0 Å². The summed E-state index contributed by atoms with van der Waals surface area (Å²) in [6.07, 6.45) is 3.41. The largest absolute Gasteiger partial charge is 0.343 e. The molecule has 2 aromatic rings. The van der Waals surface area contributed by atoms with Crippen LogP contribution in [-0.2, 0) is 14.6 Å². The van der Waals surface area contributed by atoms with Crippen LogP contribution in [0.3, 0.4) is 0 Å². The molecule has 1 aromatic heterocycles. The molecule has 3 rings (SSSR count). The second kappa shape index (κ2) is 9.61. The van der Waals surface area contributed by atoms with Crippen LogP contribution >= 0.6 is 0 Å². The van der Waals surface area contributed by atoms with Crippen molar-refractivity contribution in [2.45, 2.75) is 38.1 Å². The molecule has 0 saturated heterocycles. The summed E-state index contributed by atoms with van der Waals surface area (Å²) in [4.78, 5) is 36.7. The lowest BCUT2D eigenvalue weighted by molar-refractivity contribution is -0.117. The molecule has 0 spiro atoms. The zero-order valence-corrected chi connectivity index (χ0v) is 20.2. The van der Waals surface area contributed by atoms with Gasteiger partial charge in [0.25, 0.3) is 0 Å². The van der Waals surface area contributed by atoms with E-state index in [1.54, 1.807) is 19.3 Å². The van der Waals surface area contributed by atoms with Gasteiger partial charge in [-0.2, -0.15) is 4.98 Å². The third-order valence-corrected chi connectivity index (χ3v) is 6.16. The third kappa shape index (κ3) is 5.69. The van der Waals surface area contributed by atoms with Crippen molar-refractivity contribution in [3.63, 3.8) is 0 Å². The van der Waals surface area contributed by atoms with E-state index in [4.69, 9.17) is 0 Å². The maximum Gasteiger partial charge on any atom is 0.319 e. The molecule has 12 heteroatoms. The van der Waals surface area contributed by atoms with Crippen molar-refractivity contribution in [3.8, 4) is 0 Å². The number of benzene rings is 1. The van der Waals surface area contributed by atoms with Gasteiger partial charge < -0.3 is 25.8 Å². The third-order valence-electron chi connectivity index (χ3n) is 5.07. The Hall–Kier alpha value is -3.41. The van der Waals surface area contributed by atoms with Crippen molar-refractivity contribution in [2.75, 3.05) is 46.8 Å². The number of fused-ring (bicyclic) bond motifs is 1. The lowest BCUT2D eigenvalue weighted by Crippen LogP contribution is -2.47. The highest BCUT2D eigenvalue weighted by atomic mass is 32.2. The topological polar surface area (TPSA) is 137 Å². The van der Waals surface area contributed by atoms with Crippen LogP contribution < -0.4 is 25.8 Å². The lowest BCUT2D eigenvalue weighted by atomic mass is 10.2. The van der Waals surface area contributed by atoms with Gasteiger partial charge in [-0.05, 0) is 38.5 Å². The molecule has 11 nitrogen and oxygen atoms in total. The highest BCUT2D eigenvalue weighted by Crippen LogP contribution is 2.33. The van der Waals surface area contributed by atoms with Crippen LogP contribution in [0.2, 0.25) is 0 Å². The minimum absolute atomic E-state index is 0.0328. The van der Waals surface area contributed by atoms with E-state index in [-0.39, 0.29) is 29.3 Å². The van der Waals surface area contributed by atoms with Gasteiger partial charge in [0.2, 0.25) is 11.9 Å². The number of nitrogens with zero attached hydrogens (tertiary/aromatic N) is 4. The number of anilines is 5. The molecule has 1 aromatic carbocycles. The van der Waals surface area contributed by atoms with Crippen molar-refractivity contribution >= 4 is 50.6 Å². The van der Waals surface area contributed by atoms with E-state index >= 15 is 0 Å². The van der Waals surface area contributed by atoms with E-state index in [9.17, 15) is 18.0 Å². The summed E-state index contributed by atoms with van der Waals surface area (Å²) >= 11 is 0. The van der Waals surface area contributed by atoms with Crippen LogP contribution in [0.4, 0.5) is 33.6 Å². The Balaban J connectivity index is 1.95. The molecule has 2 heterocycles. The van der Waals surface area contributed by atoms with E-state index in [0.29, 0.717) is 29.4 Å². The zero-order chi connectivity index (χ0) is 24.3. The summed E-state index contributed by atoms with van der Waals surface area (Å²) < 4.78 is 24.4. The first-order valence-electron chi connectivity index (χ1n) is 10.6. The number of hydrogen-bond donors (Lipinski definition) is 3. The predicted octanol–water partition coefficient (Wildman–Crippen LogP) is 2.35. The Kier molecular flexibility index (Phi) is 7.06. The van der Waals surface area contributed by atoms with Gasteiger partial charge in [-0.3, -0.25) is 4.79 Å². The molecule has 1 aliphatic rings. The van der Waals surface area contributed by atoms with Gasteiger partial charge in [-0.25, -0.2) is 18.2 Å². The van der Waals surface area contributed by atoms with Gasteiger partial charge in [-0.1, -0.05) is 6.92 Å². The Bertz CT molecular complexity index is 1170. The molecule has 178 valence electrons. The number of nitrogens with one attached hydrogen (secondary N) is 3.